The van der Waals surface area contributed by atoms with Crippen LogP contribution < -0.4 is 10.2 Å². The van der Waals surface area contributed by atoms with Crippen molar-refractivity contribution in [3.63, 3.8) is 0 Å². The van der Waals surface area contributed by atoms with Crippen LogP contribution in [-0.4, -0.2) is 28.1 Å². The smallest absolute Gasteiger partial charge is 0.307 e. The molecule has 3 atom stereocenters. The first-order valence-corrected chi connectivity index (χ1v) is 13.3. The van der Waals surface area contributed by atoms with Gasteiger partial charge in [-0.3, -0.25) is 19.3 Å². The molecule has 0 saturated carbocycles. The Labute approximate surface area is 221 Å². The van der Waals surface area contributed by atoms with Crippen molar-refractivity contribution < 1.29 is 19.5 Å². The van der Waals surface area contributed by atoms with E-state index in [-0.39, 0.29) is 17.1 Å². The van der Waals surface area contributed by atoms with E-state index in [1.54, 1.807) is 17.0 Å². The molecule has 1 aliphatic carbocycles. The molecule has 1 aliphatic rings. The third-order valence-electron chi connectivity index (χ3n) is 6.38. The third kappa shape index (κ3) is 6.49. The molecule has 0 fully saturated rings. The molecule has 0 bridgehead atoms. The van der Waals surface area contributed by atoms with E-state index in [0.717, 1.165) is 16.3 Å². The van der Waals surface area contributed by atoms with E-state index in [0.29, 0.717) is 24.9 Å². The molecular formula is C30H30N2O4S. The Hall–Kier alpha value is -3.84. The average Bonchev–Trinajstić information content (AvgIpc) is 2.93. The highest BCUT2D eigenvalue weighted by atomic mass is 32.2. The Kier molecular flexibility index (Phi) is 8.80. The molecule has 0 heterocycles. The summed E-state index contributed by atoms with van der Waals surface area (Å²) < 4.78 is 0. The fourth-order valence-corrected chi connectivity index (χ4v) is 5.40. The average molecular weight is 515 g/mol. The van der Waals surface area contributed by atoms with Crippen LogP contribution in [0.3, 0.4) is 0 Å². The molecule has 37 heavy (non-hydrogen) atoms. The van der Waals surface area contributed by atoms with Gasteiger partial charge in [-0.25, -0.2) is 0 Å². The largest absolute Gasteiger partial charge is 0.481 e. The van der Waals surface area contributed by atoms with E-state index in [2.05, 4.69) is 5.32 Å². The maximum atomic E-state index is 13.7. The highest BCUT2D eigenvalue weighted by Crippen LogP contribution is 2.33. The van der Waals surface area contributed by atoms with Gasteiger partial charge in [-0.15, -0.1) is 11.8 Å². The number of rotatable bonds is 9. The van der Waals surface area contributed by atoms with E-state index in [9.17, 15) is 19.5 Å². The van der Waals surface area contributed by atoms with Gasteiger partial charge in [0.2, 0.25) is 11.8 Å². The number of carbonyl (C=O) groups is 3. The molecule has 6 nitrogen and oxygen atoms in total. The lowest BCUT2D eigenvalue weighted by Gasteiger charge is -2.27. The number of allylic oxidation sites excluding steroid dienone is 2. The molecular weight excluding hydrogens is 484 g/mol. The summed E-state index contributed by atoms with van der Waals surface area (Å²) in [6, 6.07) is 26.6. The van der Waals surface area contributed by atoms with Crippen LogP contribution in [0.25, 0.3) is 0 Å². The summed E-state index contributed by atoms with van der Waals surface area (Å²) in [6.07, 6.45) is 5.09. The Bertz CT molecular complexity index is 1210. The van der Waals surface area contributed by atoms with Crippen molar-refractivity contribution in [1.82, 2.24) is 0 Å². The number of anilines is 3. The second kappa shape index (κ2) is 12.4. The van der Waals surface area contributed by atoms with Crippen LogP contribution in [0.5, 0.6) is 0 Å². The van der Waals surface area contributed by atoms with Crippen LogP contribution in [0.2, 0.25) is 0 Å². The number of benzene rings is 3. The van der Waals surface area contributed by atoms with E-state index in [4.69, 9.17) is 0 Å². The number of carbonyl (C=O) groups excluding carboxylic acids is 2. The number of aliphatic carboxylic acids is 1. The second-order valence-electron chi connectivity index (χ2n) is 8.87. The molecule has 7 heteroatoms. The van der Waals surface area contributed by atoms with Crippen LogP contribution in [0.15, 0.2) is 102 Å². The molecule has 0 saturated heterocycles. The summed E-state index contributed by atoms with van der Waals surface area (Å²) in [5.41, 5.74) is 2.23. The van der Waals surface area contributed by atoms with E-state index >= 15 is 0 Å². The van der Waals surface area contributed by atoms with Gasteiger partial charge < -0.3 is 10.4 Å². The minimum atomic E-state index is -0.952. The van der Waals surface area contributed by atoms with Gasteiger partial charge in [0, 0.05) is 22.0 Å². The second-order valence-corrected chi connectivity index (χ2v) is 10.1. The lowest BCUT2D eigenvalue weighted by molar-refractivity contribution is -0.146. The standard InChI is InChI=1S/C30H30N2O4S/c1-2-27(29(34)32(22-11-5-3-6-12-22)23-13-7-4-8-14-23)37-24-19-17-21(18-20-24)31-28(33)25-15-9-10-16-26(25)30(35)36/h3-14,17-20,25-27H,2,15-16H2,1H3,(H,31,33)(H,35,36). The highest BCUT2D eigenvalue weighted by Gasteiger charge is 2.34. The SMILES string of the molecule is CCC(Sc1ccc(NC(=O)C2CC=CCC2C(=O)O)cc1)C(=O)N(c1ccccc1)c1ccccc1. The monoisotopic (exact) mass is 514 g/mol. The minimum absolute atomic E-state index is 0.00709. The normalized spacial score (nSPS) is 17.5. The molecule has 3 aromatic carbocycles. The first-order chi connectivity index (χ1) is 18.0. The predicted molar refractivity (Wildman–Crippen MR) is 148 cm³/mol. The first-order valence-electron chi connectivity index (χ1n) is 12.4. The van der Waals surface area contributed by atoms with Crippen LogP contribution in [0.1, 0.15) is 26.2 Å². The number of hydrogen-bond donors (Lipinski definition) is 2. The van der Waals surface area contributed by atoms with Crippen molar-refractivity contribution in [1.29, 1.82) is 0 Å². The Morgan fingerprint density at radius 3 is 1.92 bits per heavy atom. The van der Waals surface area contributed by atoms with E-state index < -0.39 is 17.8 Å². The minimum Gasteiger partial charge on any atom is -0.481 e. The fraction of sp³-hybridized carbons (Fsp3) is 0.233. The number of hydrogen-bond acceptors (Lipinski definition) is 4. The summed E-state index contributed by atoms with van der Waals surface area (Å²) in [4.78, 5) is 40.7. The van der Waals surface area contributed by atoms with Crippen molar-refractivity contribution in [2.24, 2.45) is 11.8 Å². The molecule has 2 amide bonds. The molecule has 3 aromatic rings. The number of amides is 2. The molecule has 4 rings (SSSR count). The van der Waals surface area contributed by atoms with Crippen molar-refractivity contribution >= 4 is 46.6 Å². The summed E-state index contributed by atoms with van der Waals surface area (Å²) in [5, 5.41) is 12.0. The van der Waals surface area contributed by atoms with Crippen LogP contribution in [0, 0.1) is 11.8 Å². The summed E-state index contributed by atoms with van der Waals surface area (Å²) in [7, 11) is 0. The first kappa shape index (κ1) is 26.2. The predicted octanol–water partition coefficient (Wildman–Crippen LogP) is 6.53. The van der Waals surface area contributed by atoms with Crippen molar-refractivity contribution in [3.8, 4) is 0 Å². The highest BCUT2D eigenvalue weighted by molar-refractivity contribution is 8.00. The zero-order valence-corrected chi connectivity index (χ0v) is 21.4. The maximum Gasteiger partial charge on any atom is 0.307 e. The number of para-hydroxylation sites is 2. The van der Waals surface area contributed by atoms with E-state index in [1.165, 1.54) is 11.8 Å². The zero-order chi connectivity index (χ0) is 26.2. The van der Waals surface area contributed by atoms with Crippen molar-refractivity contribution in [2.45, 2.75) is 36.3 Å². The maximum absolute atomic E-state index is 13.7. The third-order valence-corrected chi connectivity index (χ3v) is 7.75. The van der Waals surface area contributed by atoms with Gasteiger partial charge in [0.05, 0.1) is 17.1 Å². The van der Waals surface area contributed by atoms with Gasteiger partial charge in [0.1, 0.15) is 0 Å². The molecule has 3 unspecified atom stereocenters. The van der Waals surface area contributed by atoms with Gasteiger partial charge in [-0.1, -0.05) is 55.5 Å². The number of nitrogens with zero attached hydrogens (tertiary/aromatic N) is 1. The number of nitrogens with one attached hydrogen (secondary N) is 1. The van der Waals surface area contributed by atoms with Crippen LogP contribution in [0.4, 0.5) is 17.1 Å². The van der Waals surface area contributed by atoms with Gasteiger partial charge in [-0.05, 0) is 67.8 Å². The Morgan fingerprint density at radius 1 is 0.865 bits per heavy atom. The fourth-order valence-electron chi connectivity index (χ4n) is 4.40. The lowest BCUT2D eigenvalue weighted by Crippen LogP contribution is -2.34. The number of carboxylic acid groups (broad SMARTS) is 1. The molecule has 0 aromatic heterocycles. The van der Waals surface area contributed by atoms with Crippen molar-refractivity contribution in [2.75, 3.05) is 10.2 Å². The van der Waals surface area contributed by atoms with E-state index in [1.807, 2.05) is 91.9 Å². The molecule has 190 valence electrons. The molecule has 0 spiro atoms. The molecule has 0 aliphatic heterocycles. The van der Waals surface area contributed by atoms with Crippen LogP contribution >= 0.6 is 11.8 Å². The van der Waals surface area contributed by atoms with Crippen molar-refractivity contribution in [3.05, 3.63) is 97.1 Å². The Morgan fingerprint density at radius 2 is 1.41 bits per heavy atom. The number of carboxylic acids is 1. The Balaban J connectivity index is 1.46. The van der Waals surface area contributed by atoms with Crippen LogP contribution in [-0.2, 0) is 14.4 Å². The van der Waals surface area contributed by atoms with Gasteiger partial charge in [0.25, 0.3) is 0 Å². The number of thioether (sulfide) groups is 1. The molecule has 2 N–H and O–H groups in total. The summed E-state index contributed by atoms with van der Waals surface area (Å²) in [5.74, 6) is -2.56. The molecule has 0 radical (unpaired) electrons. The topological polar surface area (TPSA) is 86.7 Å². The lowest BCUT2D eigenvalue weighted by atomic mass is 9.82. The zero-order valence-electron chi connectivity index (χ0n) is 20.6. The van der Waals surface area contributed by atoms with Gasteiger partial charge in [-0.2, -0.15) is 0 Å². The quantitative estimate of drug-likeness (QED) is 0.250. The van der Waals surface area contributed by atoms with Gasteiger partial charge in [0.15, 0.2) is 0 Å². The van der Waals surface area contributed by atoms with Gasteiger partial charge >= 0.3 is 5.97 Å². The summed E-state index contributed by atoms with van der Waals surface area (Å²) >= 11 is 1.48. The summed E-state index contributed by atoms with van der Waals surface area (Å²) in [6.45, 7) is 2.00.